The van der Waals surface area contributed by atoms with Gasteiger partial charge >= 0.3 is 0 Å². The van der Waals surface area contributed by atoms with Crippen LogP contribution < -0.4 is 4.74 Å². The van der Waals surface area contributed by atoms with Gasteiger partial charge in [-0.25, -0.2) is 13.2 Å². The third-order valence-electron chi connectivity index (χ3n) is 5.91. The first kappa shape index (κ1) is 22.4. The molecule has 0 aromatic heterocycles. The van der Waals surface area contributed by atoms with Crippen LogP contribution >= 0.6 is 0 Å². The van der Waals surface area contributed by atoms with Crippen LogP contribution in [0.1, 0.15) is 31.2 Å². The molecule has 32 heavy (non-hydrogen) atoms. The van der Waals surface area contributed by atoms with Crippen LogP contribution in [0.15, 0.2) is 48.5 Å². The zero-order chi connectivity index (χ0) is 22.8. The predicted octanol–water partition coefficient (Wildman–Crippen LogP) is 5.83. The second-order valence-corrected chi connectivity index (χ2v) is 8.00. The molecule has 0 spiro atoms. The molecule has 0 amide bonds. The van der Waals surface area contributed by atoms with E-state index in [1.165, 1.54) is 12.1 Å². The van der Waals surface area contributed by atoms with Crippen LogP contribution in [-0.4, -0.2) is 27.1 Å². The number of ether oxygens (including phenoxy) is 2. The van der Waals surface area contributed by atoms with Crippen LogP contribution in [0.5, 0.6) is 5.75 Å². The van der Waals surface area contributed by atoms with Crippen molar-refractivity contribution in [3.8, 4) is 28.0 Å². The summed E-state index contributed by atoms with van der Waals surface area (Å²) in [4.78, 5) is 0. The number of halogens is 4. The molecule has 0 aliphatic carbocycles. The molecule has 1 fully saturated rings. The summed E-state index contributed by atoms with van der Waals surface area (Å²) in [5, 5.41) is 0. The van der Waals surface area contributed by atoms with E-state index in [2.05, 4.69) is 0 Å². The highest BCUT2D eigenvalue weighted by Crippen LogP contribution is 2.35. The SMILES string of the molecule is BCOc1ccc(-c2ccc(-c3ccc(C4CCC(C)OC4)c(F)c3F)cc2)c(F)c1F. The quantitative estimate of drug-likeness (QED) is 0.366. The fraction of sp³-hybridized carbons (Fsp3) is 0.280. The van der Waals surface area contributed by atoms with E-state index in [0.29, 0.717) is 23.3 Å². The molecule has 166 valence electrons. The van der Waals surface area contributed by atoms with Crippen molar-refractivity contribution in [2.45, 2.75) is 31.8 Å². The molecule has 2 atom stereocenters. The second-order valence-electron chi connectivity index (χ2n) is 8.00. The molecular weight excluding hydrogens is 419 g/mol. The Bertz CT molecular complexity index is 1110. The van der Waals surface area contributed by atoms with E-state index < -0.39 is 23.3 Å². The van der Waals surface area contributed by atoms with Gasteiger partial charge in [0.25, 0.3) is 0 Å². The van der Waals surface area contributed by atoms with Gasteiger partial charge in [-0.15, -0.1) is 0 Å². The fourth-order valence-corrected chi connectivity index (χ4v) is 4.08. The minimum atomic E-state index is -1.06. The van der Waals surface area contributed by atoms with E-state index in [1.54, 1.807) is 44.2 Å². The van der Waals surface area contributed by atoms with Gasteiger partial charge in [0.15, 0.2) is 31.0 Å². The van der Waals surface area contributed by atoms with E-state index >= 15 is 0 Å². The van der Waals surface area contributed by atoms with Crippen molar-refractivity contribution in [3.63, 3.8) is 0 Å². The van der Waals surface area contributed by atoms with Gasteiger partial charge in [-0.05, 0) is 48.6 Å². The van der Waals surface area contributed by atoms with E-state index in [9.17, 15) is 17.6 Å². The summed E-state index contributed by atoms with van der Waals surface area (Å²) in [7, 11) is 1.68. The minimum Gasteiger partial charge on any atom is -0.500 e. The third-order valence-corrected chi connectivity index (χ3v) is 5.91. The first-order chi connectivity index (χ1) is 15.4. The number of hydrogen-bond acceptors (Lipinski definition) is 2. The maximum atomic E-state index is 14.9. The lowest BCUT2D eigenvalue weighted by Crippen LogP contribution is -2.23. The van der Waals surface area contributed by atoms with Gasteiger partial charge in [0.1, 0.15) is 0 Å². The first-order valence-corrected chi connectivity index (χ1v) is 10.7. The molecule has 4 rings (SSSR count). The molecule has 0 N–H and O–H groups in total. The van der Waals surface area contributed by atoms with Crippen molar-refractivity contribution in [2.24, 2.45) is 0 Å². The summed E-state index contributed by atoms with van der Waals surface area (Å²) in [5.74, 6) is -4.19. The summed E-state index contributed by atoms with van der Waals surface area (Å²) in [6.07, 6.45) is 1.68. The van der Waals surface area contributed by atoms with Gasteiger partial charge in [-0.1, -0.05) is 36.4 Å². The van der Waals surface area contributed by atoms with Gasteiger partial charge in [0.2, 0.25) is 5.82 Å². The van der Waals surface area contributed by atoms with E-state index in [4.69, 9.17) is 9.47 Å². The largest absolute Gasteiger partial charge is 0.500 e. The summed E-state index contributed by atoms with van der Waals surface area (Å²) in [6.45, 7) is 2.56. The summed E-state index contributed by atoms with van der Waals surface area (Å²) >= 11 is 0. The van der Waals surface area contributed by atoms with Crippen molar-refractivity contribution in [1.29, 1.82) is 0 Å². The Morgan fingerprint density at radius 3 is 1.97 bits per heavy atom. The molecule has 2 nitrogen and oxygen atoms in total. The fourth-order valence-electron chi connectivity index (χ4n) is 4.08. The molecule has 3 aromatic rings. The molecule has 1 saturated heterocycles. The van der Waals surface area contributed by atoms with Crippen LogP contribution in [-0.2, 0) is 4.74 Å². The van der Waals surface area contributed by atoms with E-state index in [-0.39, 0.29) is 35.4 Å². The molecule has 0 bridgehead atoms. The zero-order valence-corrected chi connectivity index (χ0v) is 17.9. The van der Waals surface area contributed by atoms with Crippen LogP contribution in [0.2, 0.25) is 0 Å². The highest BCUT2D eigenvalue weighted by atomic mass is 19.2. The first-order valence-electron chi connectivity index (χ1n) is 10.7. The zero-order valence-electron chi connectivity index (χ0n) is 17.9. The molecule has 1 heterocycles. The molecule has 1 aliphatic rings. The lowest BCUT2D eigenvalue weighted by atomic mass is 9.89. The maximum Gasteiger partial charge on any atom is 0.201 e. The molecule has 7 heteroatoms. The third kappa shape index (κ3) is 4.26. The van der Waals surface area contributed by atoms with Crippen molar-refractivity contribution >= 4 is 7.85 Å². The minimum absolute atomic E-state index is 0.0611. The summed E-state index contributed by atoms with van der Waals surface area (Å²) < 4.78 is 69.1. The van der Waals surface area contributed by atoms with E-state index in [1.807, 2.05) is 6.92 Å². The molecule has 3 aromatic carbocycles. The maximum absolute atomic E-state index is 14.9. The number of hydrogen-bond donors (Lipinski definition) is 0. The summed E-state index contributed by atoms with van der Waals surface area (Å²) in [5.41, 5.74) is 1.35. The smallest absolute Gasteiger partial charge is 0.201 e. The molecule has 0 saturated carbocycles. The number of benzene rings is 3. The molecular formula is C25H23BF4O2. The topological polar surface area (TPSA) is 18.5 Å². The lowest BCUT2D eigenvalue weighted by Gasteiger charge is -2.27. The number of rotatable bonds is 5. The predicted molar refractivity (Wildman–Crippen MR) is 119 cm³/mol. The monoisotopic (exact) mass is 442 g/mol. The van der Waals surface area contributed by atoms with Crippen LogP contribution in [0.4, 0.5) is 17.6 Å². The van der Waals surface area contributed by atoms with Crippen LogP contribution in [0.25, 0.3) is 22.3 Å². The van der Waals surface area contributed by atoms with Crippen molar-refractivity contribution in [2.75, 3.05) is 13.1 Å². The average molecular weight is 442 g/mol. The van der Waals surface area contributed by atoms with Gasteiger partial charge in [0.05, 0.1) is 19.2 Å². The molecule has 1 aliphatic heterocycles. The van der Waals surface area contributed by atoms with Gasteiger partial charge in [-0.3, -0.25) is 0 Å². The highest BCUT2D eigenvalue weighted by Gasteiger charge is 2.25. The van der Waals surface area contributed by atoms with Gasteiger partial charge in [0, 0.05) is 17.0 Å². The Hall–Kier alpha value is -2.80. The lowest BCUT2D eigenvalue weighted by molar-refractivity contribution is 0.0147. The summed E-state index contributed by atoms with van der Waals surface area (Å²) in [6, 6.07) is 12.2. The molecule has 0 radical (unpaired) electrons. The standard InChI is InChI=1S/C25H23BF4O2/c1-14-2-3-17(12-31-14)20-9-8-18(22(27)23(20)28)15-4-6-16(7-5-15)19-10-11-21(32-13-26)25(30)24(19)29/h4-11,14,17H,2-3,12-13,26H2,1H3. The Balaban J connectivity index is 1.61. The van der Waals surface area contributed by atoms with Crippen molar-refractivity contribution < 1.29 is 27.0 Å². The Morgan fingerprint density at radius 2 is 1.41 bits per heavy atom. The second kappa shape index (κ2) is 9.37. The Kier molecular flexibility index (Phi) is 6.56. The van der Waals surface area contributed by atoms with Crippen molar-refractivity contribution in [1.82, 2.24) is 0 Å². The normalized spacial score (nSPS) is 18.5. The highest BCUT2D eigenvalue weighted by molar-refractivity contribution is 6.08. The Morgan fingerprint density at radius 1 is 0.812 bits per heavy atom. The Labute approximate surface area is 185 Å². The van der Waals surface area contributed by atoms with Gasteiger partial charge in [-0.2, -0.15) is 4.39 Å². The van der Waals surface area contributed by atoms with E-state index in [0.717, 1.165) is 12.8 Å². The van der Waals surface area contributed by atoms with Gasteiger partial charge < -0.3 is 9.47 Å². The van der Waals surface area contributed by atoms with Crippen LogP contribution in [0, 0.1) is 23.3 Å². The average Bonchev–Trinajstić information content (AvgIpc) is 2.80. The van der Waals surface area contributed by atoms with Crippen molar-refractivity contribution in [3.05, 3.63) is 77.4 Å². The van der Waals surface area contributed by atoms with Crippen LogP contribution in [0.3, 0.4) is 0 Å². The molecule has 2 unspecified atom stereocenters.